The van der Waals surface area contributed by atoms with Gasteiger partial charge in [0, 0.05) is 5.92 Å². The average Bonchev–Trinajstić information content (AvgIpc) is 3.22. The second kappa shape index (κ2) is 9.19. The van der Waals surface area contributed by atoms with Gasteiger partial charge in [-0.3, -0.25) is 9.69 Å². The van der Waals surface area contributed by atoms with E-state index in [0.29, 0.717) is 6.54 Å². The molecule has 0 aromatic heterocycles. The molecule has 0 N–H and O–H groups in total. The molecule has 2 aliphatic heterocycles. The van der Waals surface area contributed by atoms with Crippen LogP contribution in [0.15, 0.2) is 71.3 Å². The van der Waals surface area contributed by atoms with Crippen LogP contribution in [0, 0.1) is 5.92 Å². The number of hydrazone groups is 1. The van der Waals surface area contributed by atoms with E-state index < -0.39 is 0 Å². The lowest BCUT2D eigenvalue weighted by molar-refractivity contribution is -0.135. The van der Waals surface area contributed by atoms with Gasteiger partial charge in [0.05, 0.1) is 18.3 Å². The zero-order valence-corrected chi connectivity index (χ0v) is 18.1. The van der Waals surface area contributed by atoms with Gasteiger partial charge in [0.2, 0.25) is 0 Å². The fourth-order valence-corrected chi connectivity index (χ4v) is 5.32. The standard InChI is InChI=1S/C27H31N3O/c31-25(20-29-17-8-3-9-18-29)30-27(22-13-6-2-7-14-22)24-16-10-15-23(26(24)28-30)19-21-11-4-1-5-12-21/h1-2,4-7,11-14,19,24,27H,3,8-10,15-18,20H2. The second-order valence-electron chi connectivity index (χ2n) is 8.99. The summed E-state index contributed by atoms with van der Waals surface area (Å²) in [4.78, 5) is 15.8. The van der Waals surface area contributed by atoms with E-state index in [-0.39, 0.29) is 17.9 Å². The zero-order chi connectivity index (χ0) is 21.0. The number of hydrogen-bond donors (Lipinski definition) is 0. The molecule has 4 nitrogen and oxygen atoms in total. The van der Waals surface area contributed by atoms with Gasteiger partial charge in [-0.05, 0) is 68.0 Å². The molecule has 2 unspecified atom stereocenters. The predicted octanol–water partition coefficient (Wildman–Crippen LogP) is 5.30. The molecule has 0 spiro atoms. The molecule has 2 fully saturated rings. The minimum absolute atomic E-state index is 0.00737. The molecule has 0 bridgehead atoms. The Hall–Kier alpha value is -2.72. The molecular weight excluding hydrogens is 382 g/mol. The molecule has 1 saturated heterocycles. The predicted molar refractivity (Wildman–Crippen MR) is 126 cm³/mol. The molecule has 4 heteroatoms. The number of fused-ring (bicyclic) bond motifs is 1. The molecule has 2 aromatic carbocycles. The number of carbonyl (C=O) groups excluding carboxylic acids is 1. The summed E-state index contributed by atoms with van der Waals surface area (Å²) in [5.74, 6) is 0.410. The first kappa shape index (κ1) is 20.2. The van der Waals surface area contributed by atoms with E-state index in [1.54, 1.807) is 0 Å². The highest BCUT2D eigenvalue weighted by Crippen LogP contribution is 2.44. The Morgan fingerprint density at radius 2 is 1.65 bits per heavy atom. The molecule has 2 heterocycles. The number of benzene rings is 2. The molecular formula is C27H31N3O. The van der Waals surface area contributed by atoms with E-state index in [4.69, 9.17) is 5.10 Å². The van der Waals surface area contributed by atoms with E-state index in [1.807, 2.05) is 17.1 Å². The normalized spacial score (nSPS) is 25.4. The van der Waals surface area contributed by atoms with Crippen LogP contribution in [0.1, 0.15) is 55.7 Å². The van der Waals surface area contributed by atoms with Crippen LogP contribution in [0.3, 0.4) is 0 Å². The first-order valence-corrected chi connectivity index (χ1v) is 11.7. The summed E-state index contributed by atoms with van der Waals surface area (Å²) in [5, 5.41) is 6.84. The van der Waals surface area contributed by atoms with Crippen molar-refractivity contribution >= 4 is 17.7 Å². The SMILES string of the molecule is O=C(CN1CCCCC1)N1N=C2C(=Cc3ccccc3)CCCC2C1c1ccccc1. The van der Waals surface area contributed by atoms with Crippen molar-refractivity contribution in [2.45, 2.75) is 44.6 Å². The Kier molecular flexibility index (Phi) is 5.99. The van der Waals surface area contributed by atoms with Crippen LogP contribution >= 0.6 is 0 Å². The lowest BCUT2D eigenvalue weighted by Crippen LogP contribution is -2.41. The van der Waals surface area contributed by atoms with Crippen LogP contribution < -0.4 is 0 Å². The fraction of sp³-hybridized carbons (Fsp3) is 0.407. The number of likely N-dealkylation sites (tertiary alicyclic amines) is 1. The fourth-order valence-electron chi connectivity index (χ4n) is 5.32. The molecule has 1 aliphatic carbocycles. The van der Waals surface area contributed by atoms with Gasteiger partial charge in [0.25, 0.3) is 5.91 Å². The van der Waals surface area contributed by atoms with Crippen LogP contribution in [0.4, 0.5) is 0 Å². The Morgan fingerprint density at radius 3 is 2.39 bits per heavy atom. The van der Waals surface area contributed by atoms with Crippen molar-refractivity contribution < 1.29 is 4.79 Å². The summed E-state index contributed by atoms with van der Waals surface area (Å²) < 4.78 is 0. The van der Waals surface area contributed by atoms with Crippen LogP contribution in [-0.4, -0.2) is 41.2 Å². The minimum atomic E-state index is 0.00737. The van der Waals surface area contributed by atoms with Crippen LogP contribution in [0.25, 0.3) is 6.08 Å². The van der Waals surface area contributed by atoms with Gasteiger partial charge in [-0.1, -0.05) is 67.1 Å². The summed E-state index contributed by atoms with van der Waals surface area (Å²) in [6.45, 7) is 2.52. The smallest absolute Gasteiger partial charge is 0.257 e. The largest absolute Gasteiger partial charge is 0.294 e. The average molecular weight is 414 g/mol. The topological polar surface area (TPSA) is 35.9 Å². The molecule has 160 valence electrons. The maximum atomic E-state index is 13.5. The molecule has 1 amide bonds. The van der Waals surface area contributed by atoms with Gasteiger partial charge in [-0.2, -0.15) is 5.10 Å². The van der Waals surface area contributed by atoms with E-state index in [9.17, 15) is 4.79 Å². The number of allylic oxidation sites excluding steroid dienone is 1. The lowest BCUT2D eigenvalue weighted by atomic mass is 9.77. The van der Waals surface area contributed by atoms with Gasteiger partial charge < -0.3 is 0 Å². The zero-order valence-electron chi connectivity index (χ0n) is 18.1. The number of nitrogens with zero attached hydrogens (tertiary/aromatic N) is 3. The summed E-state index contributed by atoms with van der Waals surface area (Å²) in [6, 6.07) is 21.0. The Bertz CT molecular complexity index is 960. The van der Waals surface area contributed by atoms with E-state index >= 15 is 0 Å². The second-order valence-corrected chi connectivity index (χ2v) is 8.99. The Labute approximate surface area is 185 Å². The summed E-state index contributed by atoms with van der Waals surface area (Å²) in [7, 11) is 0. The highest BCUT2D eigenvalue weighted by Gasteiger charge is 2.43. The highest BCUT2D eigenvalue weighted by atomic mass is 16.2. The Balaban J connectivity index is 1.47. The number of amides is 1. The van der Waals surface area contributed by atoms with Crippen molar-refractivity contribution in [3.63, 3.8) is 0 Å². The van der Waals surface area contributed by atoms with Crippen LogP contribution in [-0.2, 0) is 4.79 Å². The van der Waals surface area contributed by atoms with Crippen molar-refractivity contribution in [2.24, 2.45) is 11.0 Å². The molecule has 2 aromatic rings. The first-order valence-electron chi connectivity index (χ1n) is 11.7. The van der Waals surface area contributed by atoms with Crippen molar-refractivity contribution in [3.8, 4) is 0 Å². The van der Waals surface area contributed by atoms with Crippen molar-refractivity contribution in [1.82, 2.24) is 9.91 Å². The summed E-state index contributed by atoms with van der Waals surface area (Å²) >= 11 is 0. The van der Waals surface area contributed by atoms with Crippen LogP contribution in [0.2, 0.25) is 0 Å². The van der Waals surface area contributed by atoms with E-state index in [0.717, 1.165) is 38.1 Å². The molecule has 5 rings (SSSR count). The third kappa shape index (κ3) is 4.35. The van der Waals surface area contributed by atoms with Crippen molar-refractivity contribution in [3.05, 3.63) is 77.4 Å². The van der Waals surface area contributed by atoms with E-state index in [1.165, 1.54) is 36.0 Å². The molecule has 2 atom stereocenters. The minimum Gasteiger partial charge on any atom is -0.294 e. The van der Waals surface area contributed by atoms with Gasteiger partial charge >= 0.3 is 0 Å². The maximum Gasteiger partial charge on any atom is 0.257 e. The number of rotatable bonds is 4. The van der Waals surface area contributed by atoms with Crippen LogP contribution in [0.5, 0.6) is 0 Å². The third-order valence-corrected chi connectivity index (χ3v) is 6.85. The quantitative estimate of drug-likeness (QED) is 0.682. The van der Waals surface area contributed by atoms with Gasteiger partial charge in [-0.25, -0.2) is 5.01 Å². The summed E-state index contributed by atoms with van der Waals surface area (Å²) in [5.41, 5.74) is 4.81. The molecule has 1 saturated carbocycles. The number of hydrogen-bond acceptors (Lipinski definition) is 3. The third-order valence-electron chi connectivity index (χ3n) is 6.85. The number of piperidine rings is 1. The first-order chi connectivity index (χ1) is 15.3. The molecule has 0 radical (unpaired) electrons. The van der Waals surface area contributed by atoms with E-state index in [2.05, 4.69) is 59.5 Å². The van der Waals surface area contributed by atoms with Crippen molar-refractivity contribution in [2.75, 3.05) is 19.6 Å². The monoisotopic (exact) mass is 413 g/mol. The van der Waals surface area contributed by atoms with Gasteiger partial charge in [-0.15, -0.1) is 0 Å². The Morgan fingerprint density at radius 1 is 0.935 bits per heavy atom. The lowest BCUT2D eigenvalue weighted by Gasteiger charge is -2.31. The van der Waals surface area contributed by atoms with Gasteiger partial charge in [0.1, 0.15) is 0 Å². The maximum absolute atomic E-state index is 13.5. The number of carbonyl (C=O) groups is 1. The summed E-state index contributed by atoms with van der Waals surface area (Å²) in [6.07, 6.45) is 9.18. The molecule has 3 aliphatic rings. The highest BCUT2D eigenvalue weighted by molar-refractivity contribution is 6.08. The molecule has 31 heavy (non-hydrogen) atoms. The van der Waals surface area contributed by atoms with Crippen molar-refractivity contribution in [1.29, 1.82) is 0 Å². The van der Waals surface area contributed by atoms with Gasteiger partial charge in [0.15, 0.2) is 0 Å².